The van der Waals surface area contributed by atoms with Crippen LogP contribution in [0.1, 0.15) is 37.7 Å². The Bertz CT molecular complexity index is 386. The quantitative estimate of drug-likeness (QED) is 0.887. The highest BCUT2D eigenvalue weighted by atomic mass is 19.3. The molecule has 1 fully saturated rings. The van der Waals surface area contributed by atoms with Gasteiger partial charge in [-0.25, -0.2) is 8.78 Å². The first-order valence-electron chi connectivity index (χ1n) is 6.75. The van der Waals surface area contributed by atoms with Crippen LogP contribution < -0.4 is 0 Å². The molecule has 1 aliphatic carbocycles. The second-order valence-electron chi connectivity index (χ2n) is 5.28. The van der Waals surface area contributed by atoms with Crippen LogP contribution in [0.4, 0.5) is 8.78 Å². The third-order valence-electron chi connectivity index (χ3n) is 3.76. The van der Waals surface area contributed by atoms with Gasteiger partial charge in [-0.15, -0.1) is 0 Å². The molecule has 0 saturated heterocycles. The molecular formula is C15H20F2O2. The van der Waals surface area contributed by atoms with Crippen molar-refractivity contribution < 1.29 is 18.6 Å². The normalized spacial score (nSPS) is 19.3. The Morgan fingerprint density at radius 3 is 2.37 bits per heavy atom. The average molecular weight is 270 g/mol. The van der Waals surface area contributed by atoms with Crippen molar-refractivity contribution in [3.63, 3.8) is 0 Å². The summed E-state index contributed by atoms with van der Waals surface area (Å²) in [6, 6.07) is 9.20. The predicted molar refractivity (Wildman–Crippen MR) is 69.1 cm³/mol. The fourth-order valence-corrected chi connectivity index (χ4v) is 2.51. The van der Waals surface area contributed by atoms with Crippen molar-refractivity contribution in [2.24, 2.45) is 0 Å². The van der Waals surface area contributed by atoms with Crippen LogP contribution in [0.2, 0.25) is 0 Å². The van der Waals surface area contributed by atoms with Gasteiger partial charge in [0.05, 0.1) is 6.61 Å². The van der Waals surface area contributed by atoms with Crippen LogP contribution in [0.25, 0.3) is 0 Å². The van der Waals surface area contributed by atoms with Gasteiger partial charge in [0.15, 0.2) is 0 Å². The topological polar surface area (TPSA) is 29.5 Å². The lowest BCUT2D eigenvalue weighted by Crippen LogP contribution is -2.52. The minimum atomic E-state index is -3.18. The first-order chi connectivity index (χ1) is 9.04. The molecule has 19 heavy (non-hydrogen) atoms. The van der Waals surface area contributed by atoms with E-state index in [1.54, 1.807) is 0 Å². The zero-order valence-electron chi connectivity index (χ0n) is 10.9. The SMILES string of the molecule is OC1(C(F)(F)COCc2ccccc2)CCCCC1. The predicted octanol–water partition coefficient (Wildman–Crippen LogP) is 3.53. The molecule has 1 aliphatic rings. The number of alkyl halides is 2. The largest absolute Gasteiger partial charge is 0.384 e. The maximum Gasteiger partial charge on any atom is 0.298 e. The van der Waals surface area contributed by atoms with Crippen LogP contribution in [0.5, 0.6) is 0 Å². The molecule has 1 aromatic rings. The summed E-state index contributed by atoms with van der Waals surface area (Å²) in [5.41, 5.74) is -1.03. The van der Waals surface area contributed by atoms with Gasteiger partial charge in [-0.3, -0.25) is 0 Å². The molecule has 0 atom stereocenters. The van der Waals surface area contributed by atoms with E-state index in [9.17, 15) is 13.9 Å². The molecular weight excluding hydrogens is 250 g/mol. The van der Waals surface area contributed by atoms with E-state index in [0.717, 1.165) is 12.0 Å². The molecule has 0 heterocycles. The summed E-state index contributed by atoms with van der Waals surface area (Å²) in [6.45, 7) is -0.578. The summed E-state index contributed by atoms with van der Waals surface area (Å²) in [7, 11) is 0. The maximum absolute atomic E-state index is 14.0. The lowest BCUT2D eigenvalue weighted by Gasteiger charge is -2.38. The molecule has 1 aromatic carbocycles. The fraction of sp³-hybridized carbons (Fsp3) is 0.600. The van der Waals surface area contributed by atoms with Gasteiger partial charge in [-0.1, -0.05) is 49.6 Å². The molecule has 0 spiro atoms. The second-order valence-corrected chi connectivity index (χ2v) is 5.28. The molecule has 4 heteroatoms. The van der Waals surface area contributed by atoms with E-state index in [1.807, 2.05) is 30.3 Å². The van der Waals surface area contributed by atoms with Crippen LogP contribution in [-0.2, 0) is 11.3 Å². The van der Waals surface area contributed by atoms with E-state index in [4.69, 9.17) is 4.74 Å². The van der Waals surface area contributed by atoms with Gasteiger partial charge in [0, 0.05) is 0 Å². The first-order valence-corrected chi connectivity index (χ1v) is 6.75. The molecule has 106 valence electrons. The Labute approximate surface area is 112 Å². The second kappa shape index (κ2) is 5.97. The molecule has 0 amide bonds. The van der Waals surface area contributed by atoms with E-state index in [2.05, 4.69) is 0 Å². The fourth-order valence-electron chi connectivity index (χ4n) is 2.51. The first kappa shape index (κ1) is 14.4. The average Bonchev–Trinajstić information content (AvgIpc) is 2.40. The number of hydrogen-bond donors (Lipinski definition) is 1. The van der Waals surface area contributed by atoms with Crippen molar-refractivity contribution in [1.29, 1.82) is 0 Å². The number of benzene rings is 1. The van der Waals surface area contributed by atoms with Crippen molar-refractivity contribution in [3.05, 3.63) is 35.9 Å². The lowest BCUT2D eigenvalue weighted by molar-refractivity contribution is -0.221. The molecule has 0 aromatic heterocycles. The van der Waals surface area contributed by atoms with Crippen molar-refractivity contribution in [2.75, 3.05) is 6.61 Å². The monoisotopic (exact) mass is 270 g/mol. The van der Waals surface area contributed by atoms with Crippen LogP contribution in [0.3, 0.4) is 0 Å². The van der Waals surface area contributed by atoms with Crippen molar-refractivity contribution in [2.45, 2.75) is 50.2 Å². The number of rotatable bonds is 5. The van der Waals surface area contributed by atoms with Crippen LogP contribution >= 0.6 is 0 Å². The molecule has 0 bridgehead atoms. The zero-order chi connectivity index (χ0) is 13.8. The summed E-state index contributed by atoms with van der Waals surface area (Å²) >= 11 is 0. The smallest absolute Gasteiger partial charge is 0.298 e. The van der Waals surface area contributed by atoms with Crippen molar-refractivity contribution in [3.8, 4) is 0 Å². The van der Waals surface area contributed by atoms with Crippen molar-refractivity contribution >= 4 is 0 Å². The van der Waals surface area contributed by atoms with Gasteiger partial charge in [0.2, 0.25) is 0 Å². The molecule has 0 unspecified atom stereocenters. The molecule has 2 rings (SSSR count). The molecule has 1 N–H and O–H groups in total. The van der Waals surface area contributed by atoms with Gasteiger partial charge in [-0.2, -0.15) is 0 Å². The van der Waals surface area contributed by atoms with E-state index < -0.39 is 18.1 Å². The minimum Gasteiger partial charge on any atom is -0.384 e. The number of aliphatic hydroxyl groups is 1. The van der Waals surface area contributed by atoms with Crippen molar-refractivity contribution in [1.82, 2.24) is 0 Å². The highest BCUT2D eigenvalue weighted by molar-refractivity contribution is 5.13. The Kier molecular flexibility index (Phi) is 4.53. The number of halogens is 2. The van der Waals surface area contributed by atoms with Crippen LogP contribution in [-0.4, -0.2) is 23.2 Å². The summed E-state index contributed by atoms with van der Waals surface area (Å²) in [5.74, 6) is -3.18. The highest BCUT2D eigenvalue weighted by Crippen LogP contribution is 2.40. The van der Waals surface area contributed by atoms with Gasteiger partial charge < -0.3 is 9.84 Å². The van der Waals surface area contributed by atoms with E-state index >= 15 is 0 Å². The summed E-state index contributed by atoms with van der Waals surface area (Å²) in [5, 5.41) is 10.1. The third kappa shape index (κ3) is 3.51. The van der Waals surface area contributed by atoms with Gasteiger partial charge >= 0.3 is 0 Å². The Balaban J connectivity index is 1.86. The third-order valence-corrected chi connectivity index (χ3v) is 3.76. The lowest BCUT2D eigenvalue weighted by atomic mass is 9.80. The van der Waals surface area contributed by atoms with E-state index in [-0.39, 0.29) is 19.4 Å². The Hall–Kier alpha value is -1.00. The molecule has 1 saturated carbocycles. The van der Waals surface area contributed by atoms with E-state index in [0.29, 0.717) is 12.8 Å². The summed E-state index contributed by atoms with van der Waals surface area (Å²) in [6.07, 6.45) is 2.56. The molecule has 0 aliphatic heterocycles. The zero-order valence-corrected chi connectivity index (χ0v) is 10.9. The summed E-state index contributed by atoms with van der Waals surface area (Å²) < 4.78 is 33.1. The molecule has 0 radical (unpaired) electrons. The van der Waals surface area contributed by atoms with E-state index in [1.165, 1.54) is 0 Å². The standard InChI is InChI=1S/C15H20F2O2/c16-15(17,14(18)9-5-2-6-10-14)12-19-11-13-7-3-1-4-8-13/h1,3-4,7-8,18H,2,5-6,9-12H2. The molecule has 2 nitrogen and oxygen atoms in total. The van der Waals surface area contributed by atoms with Crippen LogP contribution in [0.15, 0.2) is 30.3 Å². The van der Waals surface area contributed by atoms with Gasteiger partial charge in [-0.05, 0) is 18.4 Å². The van der Waals surface area contributed by atoms with Gasteiger partial charge in [0.1, 0.15) is 12.2 Å². The number of hydrogen-bond acceptors (Lipinski definition) is 2. The number of ether oxygens (including phenoxy) is 1. The maximum atomic E-state index is 14.0. The minimum absolute atomic E-state index is 0.145. The van der Waals surface area contributed by atoms with Gasteiger partial charge in [0.25, 0.3) is 5.92 Å². The Morgan fingerprint density at radius 2 is 1.74 bits per heavy atom. The highest BCUT2D eigenvalue weighted by Gasteiger charge is 2.52. The Morgan fingerprint density at radius 1 is 1.11 bits per heavy atom. The summed E-state index contributed by atoms with van der Waals surface area (Å²) in [4.78, 5) is 0. The van der Waals surface area contributed by atoms with Crippen LogP contribution in [0, 0.1) is 0 Å².